The number of halogens is 5. The summed E-state index contributed by atoms with van der Waals surface area (Å²) in [6, 6.07) is 5.44. The zero-order valence-corrected chi connectivity index (χ0v) is 14.9. The topological polar surface area (TPSA) is 77.0 Å². The van der Waals surface area contributed by atoms with Crippen molar-refractivity contribution in [2.75, 3.05) is 6.54 Å². The summed E-state index contributed by atoms with van der Waals surface area (Å²) in [5.74, 6) is -1.62. The second-order valence-corrected chi connectivity index (χ2v) is 6.20. The van der Waals surface area contributed by atoms with E-state index in [2.05, 4.69) is 10.2 Å². The standard InChI is InChI=1S/C16H17F4N5O.ClH/c17-11-3-1-2-10(6-11)7-12(21)8-14(26)24-4-5-25-13(9-24)22-23-15(25)16(18,19)20;/h1-3,6,12H,4-5,7-9,21H2;1H. The molecular weight excluding hydrogens is 390 g/mol. The SMILES string of the molecule is Cl.NC(CC(=O)N1CCn2c(nnc2C(F)(F)F)C1)Cc1cccc(F)c1. The first kappa shape index (κ1) is 21.1. The van der Waals surface area contributed by atoms with Crippen molar-refractivity contribution in [3.8, 4) is 0 Å². The molecule has 0 saturated carbocycles. The highest BCUT2D eigenvalue weighted by Gasteiger charge is 2.39. The van der Waals surface area contributed by atoms with Gasteiger partial charge in [0, 0.05) is 25.6 Å². The first-order valence-corrected chi connectivity index (χ1v) is 8.01. The van der Waals surface area contributed by atoms with E-state index in [1.807, 2.05) is 0 Å². The summed E-state index contributed by atoms with van der Waals surface area (Å²) in [6.45, 7) is 0.0519. The maximum Gasteiger partial charge on any atom is 0.451 e. The minimum atomic E-state index is -4.58. The molecule has 148 valence electrons. The van der Waals surface area contributed by atoms with E-state index in [0.717, 1.165) is 4.57 Å². The lowest BCUT2D eigenvalue weighted by Gasteiger charge is -2.29. The molecule has 0 spiro atoms. The minimum Gasteiger partial charge on any atom is -0.333 e. The molecule has 3 rings (SSSR count). The first-order valence-electron chi connectivity index (χ1n) is 8.01. The Balaban J connectivity index is 0.00000261. The Morgan fingerprint density at radius 3 is 2.67 bits per heavy atom. The van der Waals surface area contributed by atoms with Crippen LogP contribution in [0.2, 0.25) is 0 Å². The molecule has 0 bridgehead atoms. The van der Waals surface area contributed by atoms with E-state index in [9.17, 15) is 22.4 Å². The third kappa shape index (κ3) is 4.95. The number of nitrogens with two attached hydrogens (primary N) is 1. The predicted octanol–water partition coefficient (Wildman–Crippen LogP) is 2.16. The average molecular weight is 408 g/mol. The zero-order chi connectivity index (χ0) is 18.9. The fraction of sp³-hybridized carbons (Fsp3) is 0.438. The van der Waals surface area contributed by atoms with E-state index in [0.29, 0.717) is 12.0 Å². The van der Waals surface area contributed by atoms with Crippen LogP contribution in [-0.2, 0) is 30.5 Å². The number of amides is 1. The summed E-state index contributed by atoms with van der Waals surface area (Å²) in [5.41, 5.74) is 6.65. The van der Waals surface area contributed by atoms with Gasteiger partial charge in [-0.2, -0.15) is 13.2 Å². The number of hydrogen-bond donors (Lipinski definition) is 1. The summed E-state index contributed by atoms with van der Waals surface area (Å²) in [5, 5.41) is 6.72. The first-order chi connectivity index (χ1) is 12.2. The summed E-state index contributed by atoms with van der Waals surface area (Å²) in [7, 11) is 0. The van der Waals surface area contributed by atoms with Crippen LogP contribution in [0.3, 0.4) is 0 Å². The lowest BCUT2D eigenvalue weighted by Crippen LogP contribution is -2.42. The number of fused-ring (bicyclic) bond motifs is 1. The van der Waals surface area contributed by atoms with Crippen LogP contribution in [0, 0.1) is 5.82 Å². The van der Waals surface area contributed by atoms with Crippen LogP contribution < -0.4 is 5.73 Å². The number of alkyl halides is 3. The van der Waals surface area contributed by atoms with Crippen molar-refractivity contribution in [3.05, 3.63) is 47.3 Å². The fourth-order valence-corrected chi connectivity index (χ4v) is 2.97. The molecule has 0 aliphatic carbocycles. The van der Waals surface area contributed by atoms with Crippen molar-refractivity contribution in [2.24, 2.45) is 5.73 Å². The molecule has 2 heterocycles. The van der Waals surface area contributed by atoms with Crippen LogP contribution in [-0.4, -0.2) is 38.2 Å². The Morgan fingerprint density at radius 1 is 1.26 bits per heavy atom. The molecule has 2 N–H and O–H groups in total. The van der Waals surface area contributed by atoms with Gasteiger partial charge in [0.05, 0.1) is 6.54 Å². The predicted molar refractivity (Wildman–Crippen MR) is 90.4 cm³/mol. The van der Waals surface area contributed by atoms with Crippen LogP contribution in [0.5, 0.6) is 0 Å². The highest BCUT2D eigenvalue weighted by molar-refractivity contribution is 5.85. The fourth-order valence-electron chi connectivity index (χ4n) is 2.97. The summed E-state index contributed by atoms with van der Waals surface area (Å²) >= 11 is 0. The van der Waals surface area contributed by atoms with Crippen molar-refractivity contribution in [3.63, 3.8) is 0 Å². The number of carbonyl (C=O) groups is 1. The number of aromatic nitrogens is 3. The molecule has 1 unspecified atom stereocenters. The van der Waals surface area contributed by atoms with Crippen molar-refractivity contribution in [1.82, 2.24) is 19.7 Å². The highest BCUT2D eigenvalue weighted by Crippen LogP contribution is 2.29. The average Bonchev–Trinajstić information content (AvgIpc) is 2.97. The van der Waals surface area contributed by atoms with E-state index >= 15 is 0 Å². The molecule has 1 atom stereocenters. The number of nitrogens with zero attached hydrogens (tertiary/aromatic N) is 4. The Kier molecular flexibility index (Phi) is 6.42. The molecule has 1 aliphatic rings. The molecule has 11 heteroatoms. The minimum absolute atomic E-state index is 0. The Bertz CT molecular complexity index is 810. The summed E-state index contributed by atoms with van der Waals surface area (Å²) in [6.07, 6.45) is -4.24. The third-order valence-corrected chi connectivity index (χ3v) is 4.18. The second-order valence-electron chi connectivity index (χ2n) is 6.20. The van der Waals surface area contributed by atoms with Gasteiger partial charge in [-0.1, -0.05) is 12.1 Å². The van der Waals surface area contributed by atoms with Gasteiger partial charge in [-0.25, -0.2) is 4.39 Å². The lowest BCUT2D eigenvalue weighted by molar-refractivity contribution is -0.148. The van der Waals surface area contributed by atoms with E-state index < -0.39 is 18.0 Å². The summed E-state index contributed by atoms with van der Waals surface area (Å²) in [4.78, 5) is 13.8. The molecule has 1 aromatic heterocycles. The van der Waals surface area contributed by atoms with Crippen molar-refractivity contribution in [1.29, 1.82) is 0 Å². The van der Waals surface area contributed by atoms with Crippen molar-refractivity contribution in [2.45, 2.75) is 38.1 Å². The maximum atomic E-state index is 13.2. The molecule has 0 fully saturated rings. The molecule has 1 aliphatic heterocycles. The van der Waals surface area contributed by atoms with Gasteiger partial charge < -0.3 is 15.2 Å². The highest BCUT2D eigenvalue weighted by atomic mass is 35.5. The molecule has 27 heavy (non-hydrogen) atoms. The Labute approximate surface area is 158 Å². The smallest absolute Gasteiger partial charge is 0.333 e. The second kappa shape index (κ2) is 8.22. The van der Waals surface area contributed by atoms with E-state index in [4.69, 9.17) is 5.73 Å². The van der Waals surface area contributed by atoms with E-state index in [1.165, 1.54) is 17.0 Å². The Morgan fingerprint density at radius 2 is 2.00 bits per heavy atom. The molecule has 2 aromatic rings. The van der Waals surface area contributed by atoms with Crippen LogP contribution in [0.15, 0.2) is 24.3 Å². The van der Waals surface area contributed by atoms with E-state index in [-0.39, 0.29) is 56.0 Å². The number of hydrogen-bond acceptors (Lipinski definition) is 4. The normalized spacial score (nSPS) is 15.1. The van der Waals surface area contributed by atoms with Gasteiger partial charge in [0.15, 0.2) is 5.82 Å². The lowest BCUT2D eigenvalue weighted by atomic mass is 10.0. The number of rotatable bonds is 4. The van der Waals surface area contributed by atoms with Crippen molar-refractivity contribution < 1.29 is 22.4 Å². The third-order valence-electron chi connectivity index (χ3n) is 4.18. The van der Waals surface area contributed by atoms with Crippen molar-refractivity contribution >= 4 is 18.3 Å². The molecule has 1 aromatic carbocycles. The molecule has 6 nitrogen and oxygen atoms in total. The van der Waals surface area contributed by atoms with Crippen LogP contribution in [0.25, 0.3) is 0 Å². The van der Waals surface area contributed by atoms with Crippen LogP contribution >= 0.6 is 12.4 Å². The van der Waals surface area contributed by atoms with Crippen LogP contribution in [0.1, 0.15) is 23.6 Å². The quantitative estimate of drug-likeness (QED) is 0.788. The van der Waals surface area contributed by atoms with Gasteiger partial charge >= 0.3 is 6.18 Å². The molecular formula is C16H18ClF4N5O. The largest absolute Gasteiger partial charge is 0.451 e. The van der Waals surface area contributed by atoms with Gasteiger partial charge in [0.25, 0.3) is 0 Å². The van der Waals surface area contributed by atoms with Gasteiger partial charge in [-0.15, -0.1) is 22.6 Å². The zero-order valence-electron chi connectivity index (χ0n) is 14.1. The monoisotopic (exact) mass is 407 g/mol. The summed E-state index contributed by atoms with van der Waals surface area (Å²) < 4.78 is 52.6. The van der Waals surface area contributed by atoms with E-state index in [1.54, 1.807) is 12.1 Å². The molecule has 0 saturated heterocycles. The number of carbonyl (C=O) groups excluding carboxylic acids is 1. The van der Waals surface area contributed by atoms with Crippen LogP contribution in [0.4, 0.5) is 17.6 Å². The maximum absolute atomic E-state index is 13.2. The van der Waals surface area contributed by atoms with Gasteiger partial charge in [-0.05, 0) is 24.1 Å². The molecule has 0 radical (unpaired) electrons. The van der Waals surface area contributed by atoms with Gasteiger partial charge in [0.2, 0.25) is 11.7 Å². The molecule has 1 amide bonds. The van der Waals surface area contributed by atoms with Gasteiger partial charge in [-0.3, -0.25) is 4.79 Å². The van der Waals surface area contributed by atoms with Gasteiger partial charge in [0.1, 0.15) is 5.82 Å². The number of benzene rings is 1. The Hall–Kier alpha value is -2.20.